The quantitative estimate of drug-likeness (QED) is 0.661. The van der Waals surface area contributed by atoms with Gasteiger partial charge >= 0.3 is 0 Å². The standard InChI is InChI=1S/C22H24ClN5O/c1-16-5-3-4-6-18(16)15-26-11-13-27(14-12-26)22(29)21-24-17(2)28(25-21)20-9-7-19(23)8-10-20/h3-10H,11-15H2,1-2H3. The van der Waals surface area contributed by atoms with Gasteiger partial charge in [-0.1, -0.05) is 35.9 Å². The van der Waals surface area contributed by atoms with Gasteiger partial charge in [0.2, 0.25) is 5.82 Å². The van der Waals surface area contributed by atoms with Crippen LogP contribution in [0.4, 0.5) is 0 Å². The van der Waals surface area contributed by atoms with Crippen LogP contribution >= 0.6 is 11.6 Å². The molecule has 2 aromatic carbocycles. The number of aryl methyl sites for hydroxylation is 2. The largest absolute Gasteiger partial charge is 0.333 e. The van der Waals surface area contributed by atoms with Crippen molar-refractivity contribution in [3.8, 4) is 5.69 Å². The second-order valence-corrected chi connectivity index (χ2v) is 7.80. The van der Waals surface area contributed by atoms with Crippen LogP contribution in [0.3, 0.4) is 0 Å². The van der Waals surface area contributed by atoms with Gasteiger partial charge in [-0.05, 0) is 49.2 Å². The highest BCUT2D eigenvalue weighted by molar-refractivity contribution is 6.30. The molecule has 6 nitrogen and oxygen atoms in total. The molecular weight excluding hydrogens is 386 g/mol. The highest BCUT2D eigenvalue weighted by Crippen LogP contribution is 2.16. The molecule has 1 saturated heterocycles. The van der Waals surface area contributed by atoms with Crippen LogP contribution in [0.2, 0.25) is 5.02 Å². The monoisotopic (exact) mass is 409 g/mol. The molecule has 2 heterocycles. The van der Waals surface area contributed by atoms with Crippen molar-refractivity contribution in [2.75, 3.05) is 26.2 Å². The van der Waals surface area contributed by atoms with Crippen LogP contribution < -0.4 is 0 Å². The minimum atomic E-state index is -0.114. The van der Waals surface area contributed by atoms with Gasteiger partial charge in [-0.3, -0.25) is 9.69 Å². The van der Waals surface area contributed by atoms with E-state index in [0.717, 1.165) is 25.3 Å². The van der Waals surface area contributed by atoms with E-state index in [-0.39, 0.29) is 11.7 Å². The maximum Gasteiger partial charge on any atom is 0.293 e. The molecule has 1 aliphatic heterocycles. The van der Waals surface area contributed by atoms with E-state index in [2.05, 4.69) is 46.2 Å². The number of piperazine rings is 1. The fraction of sp³-hybridized carbons (Fsp3) is 0.318. The first-order valence-corrected chi connectivity index (χ1v) is 10.1. The summed E-state index contributed by atoms with van der Waals surface area (Å²) in [5.41, 5.74) is 3.48. The van der Waals surface area contributed by atoms with Crippen molar-refractivity contribution < 1.29 is 4.79 Å². The topological polar surface area (TPSA) is 54.3 Å². The van der Waals surface area contributed by atoms with E-state index in [9.17, 15) is 4.79 Å². The number of hydrogen-bond acceptors (Lipinski definition) is 4. The number of benzene rings is 2. The molecule has 4 rings (SSSR count). The lowest BCUT2D eigenvalue weighted by molar-refractivity contribution is 0.0616. The summed E-state index contributed by atoms with van der Waals surface area (Å²) in [6.45, 7) is 7.95. The lowest BCUT2D eigenvalue weighted by Crippen LogP contribution is -2.48. The van der Waals surface area contributed by atoms with Gasteiger partial charge < -0.3 is 4.90 Å². The Balaban J connectivity index is 1.40. The highest BCUT2D eigenvalue weighted by Gasteiger charge is 2.25. The number of hydrogen-bond donors (Lipinski definition) is 0. The molecule has 1 aromatic heterocycles. The highest BCUT2D eigenvalue weighted by atomic mass is 35.5. The van der Waals surface area contributed by atoms with Crippen molar-refractivity contribution in [2.45, 2.75) is 20.4 Å². The Hall–Kier alpha value is -2.70. The molecule has 0 N–H and O–H groups in total. The molecule has 0 bridgehead atoms. The van der Waals surface area contributed by atoms with Gasteiger partial charge in [-0.15, -0.1) is 5.10 Å². The predicted molar refractivity (Wildman–Crippen MR) is 113 cm³/mol. The second kappa shape index (κ2) is 8.35. The van der Waals surface area contributed by atoms with E-state index in [4.69, 9.17) is 11.6 Å². The zero-order chi connectivity index (χ0) is 20.4. The second-order valence-electron chi connectivity index (χ2n) is 7.37. The van der Waals surface area contributed by atoms with Crippen LogP contribution in [-0.4, -0.2) is 56.7 Å². The van der Waals surface area contributed by atoms with Crippen molar-refractivity contribution in [3.63, 3.8) is 0 Å². The van der Waals surface area contributed by atoms with E-state index < -0.39 is 0 Å². The van der Waals surface area contributed by atoms with E-state index in [0.29, 0.717) is 23.9 Å². The number of halogens is 1. The van der Waals surface area contributed by atoms with Gasteiger partial charge in [0.05, 0.1) is 5.69 Å². The summed E-state index contributed by atoms with van der Waals surface area (Å²) < 4.78 is 1.68. The van der Waals surface area contributed by atoms with Gasteiger partial charge in [0.15, 0.2) is 0 Å². The normalized spacial score (nSPS) is 14.9. The third kappa shape index (κ3) is 4.33. The molecule has 1 amide bonds. The van der Waals surface area contributed by atoms with Crippen LogP contribution in [0.1, 0.15) is 27.6 Å². The van der Waals surface area contributed by atoms with Crippen molar-refractivity contribution >= 4 is 17.5 Å². The first-order valence-electron chi connectivity index (χ1n) is 9.77. The van der Waals surface area contributed by atoms with Crippen LogP contribution in [0, 0.1) is 13.8 Å². The number of amides is 1. The summed E-state index contributed by atoms with van der Waals surface area (Å²) in [5.74, 6) is 0.801. The molecule has 0 aliphatic carbocycles. The third-order valence-electron chi connectivity index (χ3n) is 5.35. The average molecular weight is 410 g/mol. The van der Waals surface area contributed by atoms with Gasteiger partial charge in [0.1, 0.15) is 5.82 Å². The Morgan fingerprint density at radius 1 is 1.00 bits per heavy atom. The summed E-state index contributed by atoms with van der Waals surface area (Å²) in [6.07, 6.45) is 0. The molecule has 3 aromatic rings. The van der Waals surface area contributed by atoms with Crippen LogP contribution in [0.15, 0.2) is 48.5 Å². The molecule has 150 valence electrons. The van der Waals surface area contributed by atoms with Gasteiger partial charge in [0, 0.05) is 37.7 Å². The number of carbonyl (C=O) groups is 1. The molecule has 1 aliphatic rings. The number of nitrogens with zero attached hydrogens (tertiary/aromatic N) is 5. The fourth-order valence-corrected chi connectivity index (χ4v) is 3.71. The first kappa shape index (κ1) is 19.6. The predicted octanol–water partition coefficient (Wildman–Crippen LogP) is 3.50. The smallest absolute Gasteiger partial charge is 0.293 e. The molecule has 1 fully saturated rings. The van der Waals surface area contributed by atoms with E-state index >= 15 is 0 Å². The number of carbonyl (C=O) groups excluding carboxylic acids is 1. The zero-order valence-electron chi connectivity index (χ0n) is 16.7. The van der Waals surface area contributed by atoms with Crippen molar-refractivity contribution in [1.82, 2.24) is 24.6 Å². The SMILES string of the molecule is Cc1ccccc1CN1CCN(C(=O)c2nc(C)n(-c3ccc(Cl)cc3)n2)CC1. The van der Waals surface area contributed by atoms with Crippen molar-refractivity contribution in [3.05, 3.63) is 76.3 Å². The lowest BCUT2D eigenvalue weighted by Gasteiger charge is -2.34. The molecule has 0 unspecified atom stereocenters. The molecule has 0 atom stereocenters. The zero-order valence-corrected chi connectivity index (χ0v) is 17.4. The minimum absolute atomic E-state index is 0.114. The lowest BCUT2D eigenvalue weighted by atomic mass is 10.1. The molecule has 0 saturated carbocycles. The number of rotatable bonds is 4. The Kier molecular flexibility index (Phi) is 5.65. The van der Waals surface area contributed by atoms with E-state index in [1.807, 2.05) is 24.0 Å². The summed E-state index contributed by atoms with van der Waals surface area (Å²) in [5, 5.41) is 5.10. The maximum absolute atomic E-state index is 12.9. The third-order valence-corrected chi connectivity index (χ3v) is 5.60. The average Bonchev–Trinajstić information content (AvgIpc) is 3.12. The van der Waals surface area contributed by atoms with Crippen molar-refractivity contribution in [2.24, 2.45) is 0 Å². The van der Waals surface area contributed by atoms with Gasteiger partial charge in [-0.2, -0.15) is 0 Å². The Bertz CT molecular complexity index is 1010. The Morgan fingerprint density at radius 3 is 2.38 bits per heavy atom. The summed E-state index contributed by atoms with van der Waals surface area (Å²) >= 11 is 5.96. The van der Waals surface area contributed by atoms with E-state index in [1.165, 1.54) is 11.1 Å². The summed E-state index contributed by atoms with van der Waals surface area (Å²) in [6, 6.07) is 15.8. The Labute approximate surface area is 175 Å². The van der Waals surface area contributed by atoms with Gasteiger partial charge in [-0.25, -0.2) is 9.67 Å². The number of aromatic nitrogens is 3. The maximum atomic E-state index is 12.9. The van der Waals surface area contributed by atoms with Crippen LogP contribution in [-0.2, 0) is 6.54 Å². The minimum Gasteiger partial charge on any atom is -0.333 e. The van der Waals surface area contributed by atoms with Crippen molar-refractivity contribution in [1.29, 1.82) is 0 Å². The molecule has 0 spiro atoms. The van der Waals surface area contributed by atoms with E-state index in [1.54, 1.807) is 16.8 Å². The molecule has 29 heavy (non-hydrogen) atoms. The molecular formula is C22H24ClN5O. The summed E-state index contributed by atoms with van der Waals surface area (Å²) in [7, 11) is 0. The fourth-order valence-electron chi connectivity index (χ4n) is 3.59. The summed E-state index contributed by atoms with van der Waals surface area (Å²) in [4.78, 5) is 21.5. The van der Waals surface area contributed by atoms with Crippen LogP contribution in [0.5, 0.6) is 0 Å². The molecule has 7 heteroatoms. The Morgan fingerprint density at radius 2 is 1.69 bits per heavy atom. The van der Waals surface area contributed by atoms with Crippen LogP contribution in [0.25, 0.3) is 5.69 Å². The van der Waals surface area contributed by atoms with Gasteiger partial charge in [0.25, 0.3) is 5.91 Å². The molecule has 0 radical (unpaired) electrons. The first-order chi connectivity index (χ1) is 14.0.